The highest BCUT2D eigenvalue weighted by atomic mass is 32.2. The van der Waals surface area contributed by atoms with E-state index in [0.29, 0.717) is 10.6 Å². The summed E-state index contributed by atoms with van der Waals surface area (Å²) in [5.74, 6) is -4.02. The molecular formula is C23H19N7O10S2. The molecule has 0 radical (unpaired) electrons. The number of carboxylic acids is 2. The lowest BCUT2D eigenvalue weighted by Crippen LogP contribution is -2.70. The van der Waals surface area contributed by atoms with E-state index < -0.39 is 58.4 Å². The summed E-state index contributed by atoms with van der Waals surface area (Å²) in [4.78, 5) is 72.4. The van der Waals surface area contributed by atoms with Crippen molar-refractivity contribution in [3.8, 4) is 0 Å². The molecule has 3 atom stereocenters. The first-order valence-corrected chi connectivity index (χ1v) is 13.9. The summed E-state index contributed by atoms with van der Waals surface area (Å²) in [5.41, 5.74) is -0.874. The van der Waals surface area contributed by atoms with Crippen molar-refractivity contribution in [2.45, 2.75) is 29.1 Å². The van der Waals surface area contributed by atoms with E-state index in [1.54, 1.807) is 0 Å². The number of thioether (sulfide) groups is 2. The molecule has 2 aliphatic rings. The zero-order valence-corrected chi connectivity index (χ0v) is 22.6. The van der Waals surface area contributed by atoms with Gasteiger partial charge in [-0.3, -0.25) is 29.4 Å². The SMILES string of the molecule is O=C(O)Cn1nc2ccc(SCC3=C(C(=O)O)N4C(=O)C(NC(=O)C(O)c5cccc([N+](=O)[O-])c5)[C@@H]4SC3)nn2c1=O. The maximum atomic E-state index is 13.0. The van der Waals surface area contributed by atoms with Crippen molar-refractivity contribution in [3.05, 3.63) is 73.8 Å². The van der Waals surface area contributed by atoms with E-state index in [4.69, 9.17) is 5.11 Å². The van der Waals surface area contributed by atoms with Crippen LogP contribution in [0.1, 0.15) is 11.7 Å². The lowest BCUT2D eigenvalue weighted by atomic mass is 10.0. The van der Waals surface area contributed by atoms with Crippen molar-refractivity contribution in [2.24, 2.45) is 0 Å². The molecule has 1 fully saturated rings. The van der Waals surface area contributed by atoms with Crippen molar-refractivity contribution in [1.82, 2.24) is 29.6 Å². The van der Waals surface area contributed by atoms with Crippen LogP contribution in [0.5, 0.6) is 0 Å². The molecular weight excluding hydrogens is 598 g/mol. The number of non-ortho nitro benzene ring substituents is 1. The highest BCUT2D eigenvalue weighted by molar-refractivity contribution is 8.01. The van der Waals surface area contributed by atoms with Crippen LogP contribution in [0.4, 0.5) is 5.69 Å². The Bertz CT molecular complexity index is 1750. The van der Waals surface area contributed by atoms with Gasteiger partial charge in [0.15, 0.2) is 11.8 Å². The maximum Gasteiger partial charge on any atom is 0.367 e. The number of benzene rings is 1. The number of rotatable bonds is 10. The molecule has 0 spiro atoms. The molecule has 2 aromatic heterocycles. The Morgan fingerprint density at radius 3 is 2.64 bits per heavy atom. The number of nitro benzene ring substituents is 1. The predicted octanol–water partition coefficient (Wildman–Crippen LogP) is -0.552. The van der Waals surface area contributed by atoms with Crippen LogP contribution in [0.15, 0.2) is 57.5 Å². The van der Waals surface area contributed by atoms with Crippen LogP contribution in [0.2, 0.25) is 0 Å². The normalized spacial score (nSPS) is 18.8. The Balaban J connectivity index is 1.28. The number of carbonyl (C=O) groups is 4. The van der Waals surface area contributed by atoms with E-state index in [-0.39, 0.29) is 34.1 Å². The molecule has 0 aliphatic carbocycles. The van der Waals surface area contributed by atoms with Gasteiger partial charge in [-0.25, -0.2) is 9.59 Å². The number of aliphatic hydroxyl groups excluding tert-OH is 1. The molecule has 3 aromatic rings. The first-order valence-electron chi connectivity index (χ1n) is 11.9. The van der Waals surface area contributed by atoms with Gasteiger partial charge in [-0.15, -0.1) is 28.6 Å². The lowest BCUT2D eigenvalue weighted by Gasteiger charge is -2.49. The van der Waals surface area contributed by atoms with Gasteiger partial charge in [0.2, 0.25) is 0 Å². The summed E-state index contributed by atoms with van der Waals surface area (Å²) in [5, 5.41) is 50.2. The van der Waals surface area contributed by atoms with Crippen LogP contribution in [-0.4, -0.2) is 91.2 Å². The fourth-order valence-corrected chi connectivity index (χ4v) is 6.69. The highest BCUT2D eigenvalue weighted by Gasteiger charge is 2.54. The number of aliphatic carboxylic acids is 2. The van der Waals surface area contributed by atoms with Gasteiger partial charge in [-0.1, -0.05) is 12.1 Å². The number of aromatic nitrogens is 4. The second-order valence-corrected chi connectivity index (χ2v) is 11.1. The largest absolute Gasteiger partial charge is 0.480 e. The summed E-state index contributed by atoms with van der Waals surface area (Å²) < 4.78 is 1.67. The number of nitrogens with zero attached hydrogens (tertiary/aromatic N) is 6. The Labute approximate surface area is 241 Å². The number of aliphatic hydroxyl groups is 1. The van der Waals surface area contributed by atoms with E-state index in [1.165, 1.54) is 42.1 Å². The monoisotopic (exact) mass is 617 g/mol. The van der Waals surface area contributed by atoms with Gasteiger partial charge in [0.25, 0.3) is 17.5 Å². The minimum absolute atomic E-state index is 0.0460. The second kappa shape index (κ2) is 11.3. The number of nitro groups is 1. The summed E-state index contributed by atoms with van der Waals surface area (Å²) in [6.07, 6.45) is -1.80. The third kappa shape index (κ3) is 5.31. The molecule has 1 aromatic carbocycles. The van der Waals surface area contributed by atoms with Gasteiger partial charge in [0, 0.05) is 23.6 Å². The van der Waals surface area contributed by atoms with Gasteiger partial charge >= 0.3 is 17.6 Å². The van der Waals surface area contributed by atoms with Crippen LogP contribution in [0.25, 0.3) is 5.65 Å². The summed E-state index contributed by atoms with van der Waals surface area (Å²) in [6.45, 7) is -0.642. The lowest BCUT2D eigenvalue weighted by molar-refractivity contribution is -0.385. The van der Waals surface area contributed by atoms with Crippen molar-refractivity contribution in [1.29, 1.82) is 0 Å². The zero-order valence-electron chi connectivity index (χ0n) is 21.0. The molecule has 2 aliphatic heterocycles. The number of carbonyl (C=O) groups excluding carboxylic acids is 2. The molecule has 19 heteroatoms. The number of amides is 2. The van der Waals surface area contributed by atoms with Gasteiger partial charge in [0.1, 0.15) is 28.7 Å². The Hall–Kier alpha value is -4.75. The summed E-state index contributed by atoms with van der Waals surface area (Å²) in [7, 11) is 0. The topological polar surface area (TPSA) is 240 Å². The number of hydrogen-bond donors (Lipinski definition) is 4. The van der Waals surface area contributed by atoms with Crippen LogP contribution in [-0.2, 0) is 25.7 Å². The van der Waals surface area contributed by atoms with Gasteiger partial charge < -0.3 is 20.6 Å². The van der Waals surface area contributed by atoms with Gasteiger partial charge in [-0.05, 0) is 23.3 Å². The number of hydrogen-bond acceptors (Lipinski definition) is 12. The first kappa shape index (κ1) is 28.8. The third-order valence-corrected chi connectivity index (χ3v) is 8.63. The molecule has 17 nitrogen and oxygen atoms in total. The van der Waals surface area contributed by atoms with E-state index in [0.717, 1.165) is 31.9 Å². The zero-order chi connectivity index (χ0) is 30.3. The molecule has 218 valence electrons. The second-order valence-electron chi connectivity index (χ2n) is 8.97. The highest BCUT2D eigenvalue weighted by Crippen LogP contribution is 2.41. The number of carboxylic acid groups (broad SMARTS) is 2. The fraction of sp³-hybridized carbons (Fsp3) is 0.261. The molecule has 0 bridgehead atoms. The predicted molar refractivity (Wildman–Crippen MR) is 143 cm³/mol. The third-order valence-electron chi connectivity index (χ3n) is 6.29. The molecule has 42 heavy (non-hydrogen) atoms. The number of nitrogens with one attached hydrogen (secondary N) is 1. The molecule has 0 saturated carbocycles. The summed E-state index contributed by atoms with van der Waals surface area (Å²) in [6, 6.07) is 6.72. The quantitative estimate of drug-likeness (QED) is 0.0966. The van der Waals surface area contributed by atoms with Crippen molar-refractivity contribution < 1.29 is 39.4 Å². The maximum absolute atomic E-state index is 13.0. The Morgan fingerprint density at radius 1 is 1.19 bits per heavy atom. The molecule has 4 N–H and O–H groups in total. The summed E-state index contributed by atoms with van der Waals surface area (Å²) >= 11 is 2.29. The van der Waals surface area contributed by atoms with Gasteiger partial charge in [0.05, 0.1) is 4.92 Å². The Kier molecular flexibility index (Phi) is 7.71. The molecule has 1 saturated heterocycles. The minimum Gasteiger partial charge on any atom is -0.480 e. The van der Waals surface area contributed by atoms with Crippen LogP contribution in [0.3, 0.4) is 0 Å². The van der Waals surface area contributed by atoms with E-state index in [1.807, 2.05) is 0 Å². The van der Waals surface area contributed by atoms with E-state index in [9.17, 15) is 44.3 Å². The first-order chi connectivity index (χ1) is 20.0. The molecule has 5 rings (SSSR count). The average Bonchev–Trinajstić information content (AvgIpc) is 3.26. The van der Waals surface area contributed by atoms with Crippen molar-refractivity contribution >= 4 is 58.6 Å². The molecule has 2 unspecified atom stereocenters. The minimum atomic E-state index is -1.80. The standard InChI is InChI=1S/C23H19N7O10S2/c31-15(32)7-27-23(38)29-13(25-27)4-5-14(26-29)41-8-11-9-42-21-16(20(35)28(21)17(11)22(36)37)24-19(34)18(33)10-2-1-3-12(6-10)30(39)40/h1-6,16,18,21,33H,7-9H2,(H,24,34)(H,31,32)(H,36,37)/t16?,18?,21-/m0/s1. The van der Waals surface area contributed by atoms with Crippen LogP contribution < -0.4 is 11.0 Å². The van der Waals surface area contributed by atoms with Crippen molar-refractivity contribution in [3.63, 3.8) is 0 Å². The average molecular weight is 618 g/mol. The van der Waals surface area contributed by atoms with Crippen molar-refractivity contribution in [2.75, 3.05) is 11.5 Å². The van der Waals surface area contributed by atoms with Crippen LogP contribution in [0, 0.1) is 10.1 Å². The Morgan fingerprint density at radius 2 is 1.95 bits per heavy atom. The smallest absolute Gasteiger partial charge is 0.367 e. The molecule has 2 amide bonds. The number of fused-ring (bicyclic) bond motifs is 2. The fourth-order valence-electron chi connectivity index (χ4n) is 4.35. The van der Waals surface area contributed by atoms with E-state index in [2.05, 4.69) is 15.5 Å². The number of β-lactam (4-membered cyclic amide) rings is 1. The molecule has 4 heterocycles. The van der Waals surface area contributed by atoms with Gasteiger partial charge in [-0.2, -0.15) is 14.3 Å². The van der Waals surface area contributed by atoms with Crippen LogP contribution >= 0.6 is 23.5 Å². The van der Waals surface area contributed by atoms with E-state index >= 15 is 0 Å².